The van der Waals surface area contributed by atoms with Crippen LogP contribution in [0.2, 0.25) is 0 Å². The van der Waals surface area contributed by atoms with E-state index in [4.69, 9.17) is 0 Å². The van der Waals surface area contributed by atoms with E-state index < -0.39 is 0 Å². The van der Waals surface area contributed by atoms with E-state index >= 15 is 0 Å². The largest absolute Gasteiger partial charge is 0.367 e. The van der Waals surface area contributed by atoms with Crippen molar-refractivity contribution in [2.45, 2.75) is 6.92 Å². The van der Waals surface area contributed by atoms with Crippen molar-refractivity contribution in [3.63, 3.8) is 0 Å². The van der Waals surface area contributed by atoms with Gasteiger partial charge >= 0.3 is 0 Å². The minimum atomic E-state index is 0.0167. The summed E-state index contributed by atoms with van der Waals surface area (Å²) in [6.45, 7) is 9.63. The maximum atomic E-state index is 12.5. The summed E-state index contributed by atoms with van der Waals surface area (Å²) in [6.07, 6.45) is 2.67. The van der Waals surface area contributed by atoms with Gasteiger partial charge < -0.3 is 19.6 Å². The molecule has 0 radical (unpaired) electrons. The van der Waals surface area contributed by atoms with Crippen LogP contribution >= 0.6 is 0 Å². The van der Waals surface area contributed by atoms with Crippen LogP contribution in [0.25, 0.3) is 0 Å². The third kappa shape index (κ3) is 3.67. The second kappa shape index (κ2) is 7.61. The average Bonchev–Trinajstić information content (AvgIpc) is 2.68. The number of amides is 2. The molecule has 0 aliphatic carbocycles. The van der Waals surface area contributed by atoms with Crippen molar-refractivity contribution >= 4 is 18.0 Å². The predicted octanol–water partition coefficient (Wildman–Crippen LogP) is 0.138. The van der Waals surface area contributed by atoms with Crippen molar-refractivity contribution in [2.24, 2.45) is 0 Å². The number of carbonyl (C=O) groups excluding carboxylic acids is 2. The number of carbonyl (C=O) groups is 2. The molecule has 7 nitrogen and oxygen atoms in total. The molecule has 24 heavy (non-hydrogen) atoms. The summed E-state index contributed by atoms with van der Waals surface area (Å²) in [5.74, 6) is 0.0167. The van der Waals surface area contributed by atoms with E-state index in [-0.39, 0.29) is 5.91 Å². The van der Waals surface area contributed by atoms with E-state index in [2.05, 4.69) is 21.7 Å². The number of hydrogen-bond acceptors (Lipinski definition) is 5. The highest BCUT2D eigenvalue weighted by Crippen LogP contribution is 2.16. The van der Waals surface area contributed by atoms with Gasteiger partial charge in [-0.2, -0.15) is 0 Å². The molecule has 0 saturated carbocycles. The predicted molar refractivity (Wildman–Crippen MR) is 92.1 cm³/mol. The molecule has 0 unspecified atom stereocenters. The molecule has 1 aromatic rings. The van der Waals surface area contributed by atoms with Crippen molar-refractivity contribution in [3.8, 4) is 0 Å². The molecule has 7 heteroatoms. The van der Waals surface area contributed by atoms with Gasteiger partial charge in [-0.25, -0.2) is 4.98 Å². The van der Waals surface area contributed by atoms with Crippen LogP contribution < -0.4 is 4.90 Å². The Bertz CT molecular complexity index is 561. The molecule has 1 aromatic heterocycles. The number of pyridine rings is 1. The van der Waals surface area contributed by atoms with Crippen LogP contribution in [0.1, 0.15) is 17.4 Å². The number of anilines is 1. The molecule has 3 rings (SSSR count). The van der Waals surface area contributed by atoms with Gasteiger partial charge in [-0.15, -0.1) is 0 Å². The van der Waals surface area contributed by atoms with Crippen LogP contribution in [0.4, 0.5) is 5.69 Å². The number of hydrogen-bond donors (Lipinski definition) is 0. The van der Waals surface area contributed by atoms with Gasteiger partial charge in [0.2, 0.25) is 6.41 Å². The highest BCUT2D eigenvalue weighted by molar-refractivity contribution is 5.92. The van der Waals surface area contributed by atoms with Crippen LogP contribution in [0.5, 0.6) is 0 Å². The fourth-order valence-corrected chi connectivity index (χ4v) is 3.21. The van der Waals surface area contributed by atoms with Crippen molar-refractivity contribution in [1.29, 1.82) is 0 Å². The summed E-state index contributed by atoms with van der Waals surface area (Å²) in [5.41, 5.74) is 1.52. The zero-order valence-corrected chi connectivity index (χ0v) is 14.2. The van der Waals surface area contributed by atoms with Crippen molar-refractivity contribution in [2.75, 3.05) is 63.8 Å². The third-order valence-electron chi connectivity index (χ3n) is 4.90. The van der Waals surface area contributed by atoms with Gasteiger partial charge in [0, 0.05) is 52.4 Å². The lowest BCUT2D eigenvalue weighted by Crippen LogP contribution is -2.48. The van der Waals surface area contributed by atoms with Crippen molar-refractivity contribution < 1.29 is 9.59 Å². The van der Waals surface area contributed by atoms with E-state index in [0.29, 0.717) is 5.69 Å². The Kier molecular flexibility index (Phi) is 5.30. The Hall–Kier alpha value is -2.15. The Labute approximate surface area is 142 Å². The fourth-order valence-electron chi connectivity index (χ4n) is 3.21. The van der Waals surface area contributed by atoms with Crippen LogP contribution in [0, 0.1) is 0 Å². The maximum absolute atomic E-state index is 12.5. The Morgan fingerprint density at radius 3 is 2.33 bits per heavy atom. The van der Waals surface area contributed by atoms with Crippen molar-refractivity contribution in [3.05, 3.63) is 24.0 Å². The fraction of sp³-hybridized carbons (Fsp3) is 0.588. The first-order chi connectivity index (χ1) is 11.7. The highest BCUT2D eigenvalue weighted by Gasteiger charge is 2.22. The van der Waals surface area contributed by atoms with Gasteiger partial charge in [-0.3, -0.25) is 9.59 Å². The molecule has 2 fully saturated rings. The van der Waals surface area contributed by atoms with Gasteiger partial charge in [0.25, 0.3) is 5.91 Å². The summed E-state index contributed by atoms with van der Waals surface area (Å²) in [4.78, 5) is 35.9. The molecule has 0 atom stereocenters. The molecule has 0 aromatic carbocycles. The van der Waals surface area contributed by atoms with E-state index in [1.54, 1.807) is 11.1 Å². The first kappa shape index (κ1) is 16.7. The highest BCUT2D eigenvalue weighted by atomic mass is 16.2. The summed E-state index contributed by atoms with van der Waals surface area (Å²) in [5, 5.41) is 0. The second-order valence-electron chi connectivity index (χ2n) is 6.26. The van der Waals surface area contributed by atoms with Gasteiger partial charge in [-0.05, 0) is 18.7 Å². The Morgan fingerprint density at radius 2 is 1.79 bits per heavy atom. The number of aromatic nitrogens is 1. The number of nitrogens with zero attached hydrogens (tertiary/aromatic N) is 5. The van der Waals surface area contributed by atoms with Gasteiger partial charge in [-0.1, -0.05) is 6.92 Å². The first-order valence-corrected chi connectivity index (χ1v) is 8.63. The van der Waals surface area contributed by atoms with Crippen molar-refractivity contribution in [1.82, 2.24) is 19.7 Å². The van der Waals surface area contributed by atoms with Crippen LogP contribution in [0.3, 0.4) is 0 Å². The lowest BCUT2D eigenvalue weighted by atomic mass is 10.2. The van der Waals surface area contributed by atoms with E-state index in [0.717, 1.165) is 71.0 Å². The molecule has 2 saturated heterocycles. The SMILES string of the molecule is CCN1CCN(C(=O)c2ccc(N3CCN(C=O)CC3)cn2)CC1. The Balaban J connectivity index is 1.58. The molecular weight excluding hydrogens is 306 g/mol. The van der Waals surface area contributed by atoms with Crippen LogP contribution in [0.15, 0.2) is 18.3 Å². The minimum absolute atomic E-state index is 0.0167. The molecule has 130 valence electrons. The number of rotatable bonds is 4. The summed E-state index contributed by atoms with van der Waals surface area (Å²) >= 11 is 0. The third-order valence-corrected chi connectivity index (χ3v) is 4.90. The molecule has 0 spiro atoms. The Morgan fingerprint density at radius 1 is 1.08 bits per heavy atom. The maximum Gasteiger partial charge on any atom is 0.272 e. The molecule has 2 aliphatic heterocycles. The topological polar surface area (TPSA) is 60.0 Å². The molecule has 0 N–H and O–H groups in total. The van der Waals surface area contributed by atoms with Gasteiger partial charge in [0.1, 0.15) is 5.69 Å². The van der Waals surface area contributed by atoms with E-state index in [1.165, 1.54) is 0 Å². The van der Waals surface area contributed by atoms with Crippen LogP contribution in [-0.4, -0.2) is 90.9 Å². The average molecular weight is 331 g/mol. The lowest BCUT2D eigenvalue weighted by molar-refractivity contribution is -0.118. The van der Waals surface area contributed by atoms with Gasteiger partial charge in [0.05, 0.1) is 11.9 Å². The summed E-state index contributed by atoms with van der Waals surface area (Å²) < 4.78 is 0. The number of likely N-dealkylation sites (N-methyl/N-ethyl adjacent to an activating group) is 1. The smallest absolute Gasteiger partial charge is 0.272 e. The van der Waals surface area contributed by atoms with E-state index in [1.807, 2.05) is 17.0 Å². The molecular formula is C17H25N5O2. The zero-order chi connectivity index (χ0) is 16.9. The first-order valence-electron chi connectivity index (χ1n) is 8.63. The molecule has 2 amide bonds. The monoisotopic (exact) mass is 331 g/mol. The van der Waals surface area contributed by atoms with E-state index in [9.17, 15) is 9.59 Å². The quantitative estimate of drug-likeness (QED) is 0.735. The zero-order valence-electron chi connectivity index (χ0n) is 14.2. The minimum Gasteiger partial charge on any atom is -0.367 e. The van der Waals surface area contributed by atoms with Gasteiger partial charge in [0.15, 0.2) is 0 Å². The summed E-state index contributed by atoms with van der Waals surface area (Å²) in [7, 11) is 0. The number of piperazine rings is 2. The standard InChI is InChI=1S/C17H25N5O2/c1-2-19-5-11-22(12-6-19)17(24)16-4-3-15(13-18-16)21-9-7-20(14-23)8-10-21/h3-4,13-14H,2,5-12H2,1H3. The summed E-state index contributed by atoms with van der Waals surface area (Å²) in [6, 6.07) is 3.77. The lowest BCUT2D eigenvalue weighted by Gasteiger charge is -2.34. The molecule has 2 aliphatic rings. The second-order valence-corrected chi connectivity index (χ2v) is 6.26. The normalized spacial score (nSPS) is 19.5. The molecule has 0 bridgehead atoms. The molecule has 3 heterocycles. The van der Waals surface area contributed by atoms with Crippen LogP contribution in [-0.2, 0) is 4.79 Å².